The summed E-state index contributed by atoms with van der Waals surface area (Å²) in [5.41, 5.74) is 1.23. The van der Waals surface area contributed by atoms with Crippen LogP contribution in [0.25, 0.3) is 0 Å². The predicted molar refractivity (Wildman–Crippen MR) is 82.9 cm³/mol. The monoisotopic (exact) mass is 293 g/mol. The number of rotatable bonds is 5. The van der Waals surface area contributed by atoms with Gasteiger partial charge in [-0.2, -0.15) is 0 Å². The molecule has 2 N–H and O–H groups in total. The van der Waals surface area contributed by atoms with Crippen LogP contribution in [0.5, 0.6) is 0 Å². The Morgan fingerprint density at radius 1 is 1.25 bits per heavy atom. The van der Waals surface area contributed by atoms with Gasteiger partial charge in [-0.25, -0.2) is 0 Å². The van der Waals surface area contributed by atoms with Crippen molar-refractivity contribution in [3.63, 3.8) is 0 Å². The molecule has 0 bridgehead atoms. The summed E-state index contributed by atoms with van der Waals surface area (Å²) < 4.78 is 0. The van der Waals surface area contributed by atoms with Gasteiger partial charge in [0.2, 0.25) is 5.91 Å². The van der Waals surface area contributed by atoms with Crippen LogP contribution in [0.15, 0.2) is 29.2 Å². The molecule has 4 heteroatoms. The van der Waals surface area contributed by atoms with Crippen molar-refractivity contribution < 1.29 is 9.90 Å². The van der Waals surface area contributed by atoms with E-state index in [1.54, 1.807) is 11.8 Å². The number of hydrogen-bond acceptors (Lipinski definition) is 3. The Morgan fingerprint density at radius 2 is 1.90 bits per heavy atom. The van der Waals surface area contributed by atoms with Gasteiger partial charge in [-0.15, -0.1) is 11.8 Å². The van der Waals surface area contributed by atoms with Crippen molar-refractivity contribution in [2.45, 2.75) is 43.6 Å². The van der Waals surface area contributed by atoms with Crippen LogP contribution >= 0.6 is 11.8 Å². The van der Waals surface area contributed by atoms with Gasteiger partial charge >= 0.3 is 0 Å². The fourth-order valence-corrected chi connectivity index (χ4v) is 3.17. The van der Waals surface area contributed by atoms with Gasteiger partial charge in [0, 0.05) is 11.4 Å². The first-order valence-corrected chi connectivity index (χ1v) is 8.26. The molecule has 0 aliphatic heterocycles. The van der Waals surface area contributed by atoms with Crippen LogP contribution in [-0.4, -0.2) is 29.4 Å². The molecule has 20 heavy (non-hydrogen) atoms. The normalized spacial score (nSPS) is 22.5. The third kappa shape index (κ3) is 5.17. The van der Waals surface area contributed by atoms with Crippen LogP contribution in [-0.2, 0) is 4.79 Å². The maximum absolute atomic E-state index is 11.8. The Labute approximate surface area is 125 Å². The largest absolute Gasteiger partial charge is 0.393 e. The van der Waals surface area contributed by atoms with E-state index in [1.165, 1.54) is 5.56 Å². The summed E-state index contributed by atoms with van der Waals surface area (Å²) in [4.78, 5) is 12.9. The first kappa shape index (κ1) is 15.4. The van der Waals surface area contributed by atoms with Gasteiger partial charge in [0.25, 0.3) is 0 Å². The van der Waals surface area contributed by atoms with Gasteiger partial charge in [-0.1, -0.05) is 17.7 Å². The van der Waals surface area contributed by atoms with Gasteiger partial charge in [0.05, 0.1) is 11.9 Å². The summed E-state index contributed by atoms with van der Waals surface area (Å²) in [5.74, 6) is 1.10. The summed E-state index contributed by atoms with van der Waals surface area (Å²) in [6, 6.07) is 8.23. The van der Waals surface area contributed by atoms with Crippen molar-refractivity contribution in [3.8, 4) is 0 Å². The molecule has 1 amide bonds. The van der Waals surface area contributed by atoms with Crippen LogP contribution < -0.4 is 5.32 Å². The molecule has 0 atom stereocenters. The molecule has 1 aromatic rings. The third-order valence-electron chi connectivity index (χ3n) is 3.80. The van der Waals surface area contributed by atoms with Crippen LogP contribution in [0.4, 0.5) is 0 Å². The quantitative estimate of drug-likeness (QED) is 0.821. The highest BCUT2D eigenvalue weighted by molar-refractivity contribution is 8.00. The molecule has 0 heterocycles. The molecule has 0 saturated heterocycles. The van der Waals surface area contributed by atoms with Gasteiger partial charge in [-0.3, -0.25) is 4.79 Å². The number of thioether (sulfide) groups is 1. The molecule has 0 radical (unpaired) electrons. The average molecular weight is 293 g/mol. The highest BCUT2D eigenvalue weighted by Gasteiger charge is 2.19. The number of carbonyl (C=O) groups is 1. The summed E-state index contributed by atoms with van der Waals surface area (Å²) >= 11 is 1.57. The first-order chi connectivity index (χ1) is 9.63. The Bertz CT molecular complexity index is 425. The van der Waals surface area contributed by atoms with E-state index >= 15 is 0 Å². The second-order valence-corrected chi connectivity index (χ2v) is 6.63. The van der Waals surface area contributed by atoms with Gasteiger partial charge in [0.15, 0.2) is 0 Å². The average Bonchev–Trinajstić information content (AvgIpc) is 2.46. The smallest absolute Gasteiger partial charge is 0.230 e. The van der Waals surface area contributed by atoms with Crippen LogP contribution in [0.1, 0.15) is 31.2 Å². The third-order valence-corrected chi connectivity index (χ3v) is 4.81. The fourth-order valence-electron chi connectivity index (χ4n) is 2.44. The lowest BCUT2D eigenvalue weighted by atomic mass is 9.87. The van der Waals surface area contributed by atoms with E-state index in [4.69, 9.17) is 0 Å². The van der Waals surface area contributed by atoms with E-state index in [0.717, 1.165) is 37.1 Å². The minimum Gasteiger partial charge on any atom is -0.393 e. The Morgan fingerprint density at radius 3 is 2.55 bits per heavy atom. The van der Waals surface area contributed by atoms with Crippen molar-refractivity contribution in [2.24, 2.45) is 5.92 Å². The molecule has 0 spiro atoms. The standard InChI is InChI=1S/C16H23NO2S/c1-12-2-8-15(9-3-12)20-11-16(19)17-10-13-4-6-14(18)7-5-13/h2-3,8-9,13-14,18H,4-7,10-11H2,1H3,(H,17,19). The molecule has 1 saturated carbocycles. The minimum atomic E-state index is -0.126. The molecule has 1 aliphatic rings. The maximum Gasteiger partial charge on any atom is 0.230 e. The van der Waals surface area contributed by atoms with E-state index in [-0.39, 0.29) is 12.0 Å². The van der Waals surface area contributed by atoms with Crippen molar-refractivity contribution >= 4 is 17.7 Å². The van der Waals surface area contributed by atoms with Crippen LogP contribution in [0.2, 0.25) is 0 Å². The highest BCUT2D eigenvalue weighted by atomic mass is 32.2. The van der Waals surface area contributed by atoms with E-state index in [9.17, 15) is 9.90 Å². The van der Waals surface area contributed by atoms with Gasteiger partial charge in [-0.05, 0) is 50.7 Å². The molecule has 1 fully saturated rings. The number of amides is 1. The number of carbonyl (C=O) groups excluding carboxylic acids is 1. The molecule has 3 nitrogen and oxygen atoms in total. The van der Waals surface area contributed by atoms with E-state index in [2.05, 4.69) is 36.5 Å². The highest BCUT2D eigenvalue weighted by Crippen LogP contribution is 2.23. The van der Waals surface area contributed by atoms with Crippen LogP contribution in [0, 0.1) is 12.8 Å². The maximum atomic E-state index is 11.8. The molecule has 2 rings (SSSR count). The zero-order chi connectivity index (χ0) is 14.4. The van der Waals surface area contributed by atoms with Crippen LogP contribution in [0.3, 0.4) is 0 Å². The number of aryl methyl sites for hydroxylation is 1. The minimum absolute atomic E-state index is 0.0988. The zero-order valence-electron chi connectivity index (χ0n) is 12.0. The topological polar surface area (TPSA) is 49.3 Å². The lowest BCUT2D eigenvalue weighted by Crippen LogP contribution is -2.33. The summed E-state index contributed by atoms with van der Waals surface area (Å²) in [6.45, 7) is 2.81. The zero-order valence-corrected chi connectivity index (χ0v) is 12.8. The molecule has 0 unspecified atom stereocenters. The van der Waals surface area contributed by atoms with Crippen molar-refractivity contribution in [2.75, 3.05) is 12.3 Å². The fraction of sp³-hybridized carbons (Fsp3) is 0.562. The second kappa shape index (κ2) is 7.70. The summed E-state index contributed by atoms with van der Waals surface area (Å²) in [5, 5.41) is 12.5. The molecule has 1 aromatic carbocycles. The molecule has 110 valence electrons. The molecular formula is C16H23NO2S. The first-order valence-electron chi connectivity index (χ1n) is 7.27. The summed E-state index contributed by atoms with van der Waals surface area (Å²) in [7, 11) is 0. The van der Waals surface area contributed by atoms with E-state index in [1.807, 2.05) is 0 Å². The number of hydrogen-bond donors (Lipinski definition) is 2. The second-order valence-electron chi connectivity index (χ2n) is 5.58. The lowest BCUT2D eigenvalue weighted by molar-refractivity contribution is -0.118. The van der Waals surface area contributed by atoms with Gasteiger partial charge < -0.3 is 10.4 Å². The molecular weight excluding hydrogens is 270 g/mol. The van der Waals surface area contributed by atoms with Crippen molar-refractivity contribution in [1.82, 2.24) is 5.32 Å². The number of aliphatic hydroxyl groups excluding tert-OH is 1. The Kier molecular flexibility index (Phi) is 5.92. The predicted octanol–water partition coefficient (Wildman–Crippen LogP) is 2.75. The van der Waals surface area contributed by atoms with Crippen molar-refractivity contribution in [1.29, 1.82) is 0 Å². The Balaban J connectivity index is 1.64. The van der Waals surface area contributed by atoms with Crippen molar-refractivity contribution in [3.05, 3.63) is 29.8 Å². The SMILES string of the molecule is Cc1ccc(SCC(=O)NCC2CCC(O)CC2)cc1. The van der Waals surface area contributed by atoms with E-state index < -0.39 is 0 Å². The van der Waals surface area contributed by atoms with E-state index in [0.29, 0.717) is 11.7 Å². The molecule has 1 aliphatic carbocycles. The summed E-state index contributed by atoms with van der Waals surface area (Å²) in [6.07, 6.45) is 3.66. The number of nitrogens with one attached hydrogen (secondary N) is 1. The lowest BCUT2D eigenvalue weighted by Gasteiger charge is -2.25. The molecule has 0 aromatic heterocycles. The number of aliphatic hydroxyl groups is 1. The Hall–Kier alpha value is -1.00. The van der Waals surface area contributed by atoms with Gasteiger partial charge in [0.1, 0.15) is 0 Å². The number of benzene rings is 1.